The maximum absolute atomic E-state index is 11.8. The summed E-state index contributed by atoms with van der Waals surface area (Å²) in [5, 5.41) is 3.51. The predicted octanol–water partition coefficient (Wildman–Crippen LogP) is 3.46. The number of nitrogens with one attached hydrogen (secondary N) is 1. The fraction of sp³-hybridized carbons (Fsp3) is 0.235. The first-order valence-electron chi connectivity index (χ1n) is 7.56. The summed E-state index contributed by atoms with van der Waals surface area (Å²) in [5.41, 5.74) is 2.52. The highest BCUT2D eigenvalue weighted by molar-refractivity contribution is 6.43. The Morgan fingerprint density at radius 1 is 1.17 bits per heavy atom. The van der Waals surface area contributed by atoms with Gasteiger partial charge in [-0.2, -0.15) is 0 Å². The van der Waals surface area contributed by atoms with Crippen LogP contribution in [0.4, 0.5) is 4.79 Å². The maximum Gasteiger partial charge on any atom is 0.324 e. The zero-order valence-corrected chi connectivity index (χ0v) is 14.0. The summed E-state index contributed by atoms with van der Waals surface area (Å²) in [6.45, 7) is 0.0898. The molecule has 1 aliphatic carbocycles. The van der Waals surface area contributed by atoms with E-state index in [0.29, 0.717) is 10.0 Å². The first kappa shape index (κ1) is 15.4. The summed E-state index contributed by atoms with van der Waals surface area (Å²) in [6, 6.07) is 8.90. The molecule has 0 spiro atoms. The first-order chi connectivity index (χ1) is 11.6. The topological polar surface area (TPSA) is 62.3 Å². The maximum atomic E-state index is 11.8. The number of carbonyl (C=O) groups is 2. The molecule has 2 atom stereocenters. The Labute approximate surface area is 148 Å². The second-order valence-electron chi connectivity index (χ2n) is 5.91. The Hall–Kier alpha value is -2.11. The number of hydrogen-bond acceptors (Lipinski definition) is 3. The van der Waals surface area contributed by atoms with Gasteiger partial charge in [-0.25, -0.2) is 4.79 Å². The third-order valence-electron chi connectivity index (χ3n) is 4.41. The molecule has 122 valence electrons. The first-order valence-corrected chi connectivity index (χ1v) is 8.32. The number of amides is 3. The summed E-state index contributed by atoms with van der Waals surface area (Å²) >= 11 is 12.3. The van der Waals surface area contributed by atoms with Gasteiger partial charge in [0.05, 0.1) is 22.3 Å². The third kappa shape index (κ3) is 2.54. The molecule has 1 saturated carbocycles. The van der Waals surface area contributed by atoms with Crippen LogP contribution in [0.25, 0.3) is 11.3 Å². The molecule has 1 aromatic carbocycles. The van der Waals surface area contributed by atoms with Crippen molar-refractivity contribution < 1.29 is 9.59 Å². The second-order valence-corrected chi connectivity index (χ2v) is 6.70. The van der Waals surface area contributed by atoms with Gasteiger partial charge in [0, 0.05) is 23.7 Å². The monoisotopic (exact) mass is 361 g/mol. The molecule has 24 heavy (non-hydrogen) atoms. The van der Waals surface area contributed by atoms with E-state index >= 15 is 0 Å². The molecule has 1 N–H and O–H groups in total. The smallest absolute Gasteiger partial charge is 0.324 e. The van der Waals surface area contributed by atoms with E-state index in [9.17, 15) is 9.59 Å². The zero-order valence-electron chi connectivity index (χ0n) is 12.5. The molecule has 2 aromatic rings. The molecule has 0 radical (unpaired) electrons. The summed E-state index contributed by atoms with van der Waals surface area (Å²) < 4.78 is 0. The highest BCUT2D eigenvalue weighted by Gasteiger charge is 2.49. The van der Waals surface area contributed by atoms with Gasteiger partial charge in [0.15, 0.2) is 0 Å². The minimum absolute atomic E-state index is 0.0672. The highest BCUT2D eigenvalue weighted by Crippen LogP contribution is 2.45. The van der Waals surface area contributed by atoms with E-state index in [4.69, 9.17) is 23.2 Å². The SMILES string of the molecule is O=C1CNC(=O)N1[C@@H]1C[C@H]1c1ccc(-c2cccc(Cl)c2Cl)nc1. The van der Waals surface area contributed by atoms with Crippen LogP contribution in [0.5, 0.6) is 0 Å². The van der Waals surface area contributed by atoms with Crippen LogP contribution in [0, 0.1) is 0 Å². The van der Waals surface area contributed by atoms with Crippen LogP contribution in [-0.4, -0.2) is 34.4 Å². The molecular formula is C17H13Cl2N3O2. The lowest BCUT2D eigenvalue weighted by Crippen LogP contribution is -2.33. The lowest BCUT2D eigenvalue weighted by atomic mass is 10.1. The molecule has 3 amide bonds. The molecule has 4 rings (SSSR count). The van der Waals surface area contributed by atoms with E-state index < -0.39 is 0 Å². The van der Waals surface area contributed by atoms with Crippen LogP contribution in [-0.2, 0) is 4.79 Å². The Balaban J connectivity index is 1.54. The van der Waals surface area contributed by atoms with Crippen LogP contribution >= 0.6 is 23.2 Å². The minimum Gasteiger partial charge on any atom is -0.329 e. The van der Waals surface area contributed by atoms with Gasteiger partial charge in [-0.3, -0.25) is 14.7 Å². The van der Waals surface area contributed by atoms with Crippen LogP contribution in [0.15, 0.2) is 36.5 Å². The number of nitrogens with zero attached hydrogens (tertiary/aromatic N) is 2. The van der Waals surface area contributed by atoms with Gasteiger partial charge in [0.25, 0.3) is 0 Å². The highest BCUT2D eigenvalue weighted by atomic mass is 35.5. The number of imide groups is 1. The van der Waals surface area contributed by atoms with Crippen LogP contribution in [0.2, 0.25) is 10.0 Å². The number of benzene rings is 1. The van der Waals surface area contributed by atoms with Crippen molar-refractivity contribution in [1.82, 2.24) is 15.2 Å². The minimum atomic E-state index is -0.303. The van der Waals surface area contributed by atoms with Crippen LogP contribution < -0.4 is 5.32 Å². The summed E-state index contributed by atoms with van der Waals surface area (Å²) in [4.78, 5) is 29.2. The number of urea groups is 1. The molecule has 5 nitrogen and oxygen atoms in total. The molecule has 2 heterocycles. The van der Waals surface area contributed by atoms with Gasteiger partial charge in [0.2, 0.25) is 5.91 Å². The largest absolute Gasteiger partial charge is 0.329 e. The third-order valence-corrected chi connectivity index (χ3v) is 5.23. The van der Waals surface area contributed by atoms with Gasteiger partial charge in [-0.1, -0.05) is 41.4 Å². The average Bonchev–Trinajstić information content (AvgIpc) is 3.29. The number of rotatable bonds is 3. The molecule has 0 unspecified atom stereocenters. The fourth-order valence-electron chi connectivity index (χ4n) is 3.08. The van der Waals surface area contributed by atoms with Crippen molar-refractivity contribution in [1.29, 1.82) is 0 Å². The Kier molecular flexibility index (Phi) is 3.70. The van der Waals surface area contributed by atoms with Crippen LogP contribution in [0.1, 0.15) is 17.9 Å². The van der Waals surface area contributed by atoms with Gasteiger partial charge in [0.1, 0.15) is 0 Å². The Morgan fingerprint density at radius 3 is 2.67 bits per heavy atom. The van der Waals surface area contributed by atoms with E-state index in [2.05, 4.69) is 10.3 Å². The quantitative estimate of drug-likeness (QED) is 0.851. The van der Waals surface area contributed by atoms with Gasteiger partial charge in [-0.15, -0.1) is 0 Å². The van der Waals surface area contributed by atoms with E-state index in [0.717, 1.165) is 23.2 Å². The number of aromatic nitrogens is 1. The van der Waals surface area contributed by atoms with E-state index in [1.807, 2.05) is 24.3 Å². The second kappa shape index (κ2) is 5.76. The van der Waals surface area contributed by atoms with Crippen LogP contribution in [0.3, 0.4) is 0 Å². The summed E-state index contributed by atoms with van der Waals surface area (Å²) in [7, 11) is 0. The molecule has 1 aliphatic heterocycles. The van der Waals surface area contributed by atoms with Crippen molar-refractivity contribution in [3.05, 3.63) is 52.1 Å². The predicted molar refractivity (Wildman–Crippen MR) is 91.1 cm³/mol. The van der Waals surface area contributed by atoms with Crippen molar-refractivity contribution in [2.24, 2.45) is 0 Å². The number of carbonyl (C=O) groups excluding carboxylic acids is 2. The number of halogens is 2. The number of hydrogen-bond donors (Lipinski definition) is 1. The average molecular weight is 362 g/mol. The zero-order chi connectivity index (χ0) is 16.8. The molecule has 1 aromatic heterocycles. The molecule has 2 fully saturated rings. The molecule has 2 aliphatic rings. The van der Waals surface area contributed by atoms with E-state index in [1.54, 1.807) is 12.3 Å². The molecular weight excluding hydrogens is 349 g/mol. The Morgan fingerprint density at radius 2 is 2.00 bits per heavy atom. The lowest BCUT2D eigenvalue weighted by molar-refractivity contribution is -0.125. The standard InChI is InChI=1S/C17H13Cl2N3O2/c18-12-3-1-2-10(16(12)19)13-5-4-9(7-20-13)11-6-14(11)22-15(23)8-21-17(22)24/h1-5,7,11,14H,6,8H2,(H,21,24)/t11-,14+/m0/s1. The van der Waals surface area contributed by atoms with Crippen molar-refractivity contribution in [3.8, 4) is 11.3 Å². The van der Waals surface area contributed by atoms with E-state index in [1.165, 1.54) is 4.90 Å². The summed E-state index contributed by atoms with van der Waals surface area (Å²) in [5.74, 6) is -0.0167. The van der Waals surface area contributed by atoms with Crippen molar-refractivity contribution in [2.75, 3.05) is 6.54 Å². The number of pyridine rings is 1. The fourth-order valence-corrected chi connectivity index (χ4v) is 3.48. The van der Waals surface area contributed by atoms with Crippen molar-refractivity contribution >= 4 is 35.1 Å². The van der Waals surface area contributed by atoms with Gasteiger partial charge in [-0.05, 0) is 24.1 Å². The lowest BCUT2D eigenvalue weighted by Gasteiger charge is -2.12. The summed E-state index contributed by atoms with van der Waals surface area (Å²) in [6.07, 6.45) is 2.55. The molecule has 7 heteroatoms. The van der Waals surface area contributed by atoms with Crippen molar-refractivity contribution in [3.63, 3.8) is 0 Å². The molecule has 1 saturated heterocycles. The van der Waals surface area contributed by atoms with Crippen molar-refractivity contribution in [2.45, 2.75) is 18.4 Å². The van der Waals surface area contributed by atoms with E-state index in [-0.39, 0.29) is 30.4 Å². The molecule has 0 bridgehead atoms. The normalized spacial score (nSPS) is 22.7. The van der Waals surface area contributed by atoms with Gasteiger partial charge < -0.3 is 5.32 Å². The Bertz CT molecular complexity index is 822. The van der Waals surface area contributed by atoms with Gasteiger partial charge >= 0.3 is 6.03 Å².